The number of piperidine rings is 1. The van der Waals surface area contributed by atoms with Crippen LogP contribution < -0.4 is 5.73 Å². The van der Waals surface area contributed by atoms with E-state index < -0.39 is 5.60 Å². The van der Waals surface area contributed by atoms with E-state index in [1.165, 1.54) is 0 Å². The fourth-order valence-corrected chi connectivity index (χ4v) is 2.51. The molecule has 106 valence electrons. The third-order valence-corrected chi connectivity index (χ3v) is 3.32. The van der Waals surface area contributed by atoms with Crippen LogP contribution in [-0.2, 0) is 9.47 Å². The SMILES string of the molecule is CC(C)(C)OC(=O)N1CC2CC(CN)(CO2)C1.Cl. The van der Waals surface area contributed by atoms with Crippen LogP contribution in [0.5, 0.6) is 0 Å². The van der Waals surface area contributed by atoms with Crippen molar-refractivity contribution in [2.24, 2.45) is 11.1 Å². The lowest BCUT2D eigenvalue weighted by Crippen LogP contribution is -2.52. The first-order valence-electron chi connectivity index (χ1n) is 6.13. The van der Waals surface area contributed by atoms with Gasteiger partial charge in [-0.05, 0) is 27.2 Å². The number of hydrogen-bond donors (Lipinski definition) is 1. The minimum atomic E-state index is -0.454. The van der Waals surface area contributed by atoms with E-state index in [9.17, 15) is 4.79 Å². The predicted molar refractivity (Wildman–Crippen MR) is 70.9 cm³/mol. The third kappa shape index (κ3) is 3.28. The molecule has 2 heterocycles. The first kappa shape index (κ1) is 15.5. The number of rotatable bonds is 1. The molecule has 5 nitrogen and oxygen atoms in total. The minimum absolute atomic E-state index is 0. The number of carbonyl (C=O) groups excluding carboxylic acids is 1. The molecule has 2 saturated heterocycles. The monoisotopic (exact) mass is 278 g/mol. The van der Waals surface area contributed by atoms with Gasteiger partial charge in [0.25, 0.3) is 0 Å². The summed E-state index contributed by atoms with van der Waals surface area (Å²) in [7, 11) is 0. The zero-order valence-corrected chi connectivity index (χ0v) is 12.1. The Morgan fingerprint density at radius 3 is 2.78 bits per heavy atom. The van der Waals surface area contributed by atoms with Crippen LogP contribution in [0.15, 0.2) is 0 Å². The molecule has 0 radical (unpaired) electrons. The summed E-state index contributed by atoms with van der Waals surface area (Å²) in [6.45, 7) is 8.11. The highest BCUT2D eigenvalue weighted by molar-refractivity contribution is 5.85. The molecular weight excluding hydrogens is 256 g/mol. The Hall–Kier alpha value is -0.520. The lowest BCUT2D eigenvalue weighted by molar-refractivity contribution is 0.00603. The van der Waals surface area contributed by atoms with E-state index in [1.807, 2.05) is 20.8 Å². The van der Waals surface area contributed by atoms with Gasteiger partial charge in [-0.1, -0.05) is 0 Å². The largest absolute Gasteiger partial charge is 0.444 e. The van der Waals surface area contributed by atoms with Crippen molar-refractivity contribution in [3.05, 3.63) is 0 Å². The van der Waals surface area contributed by atoms with Gasteiger partial charge < -0.3 is 20.1 Å². The molecule has 18 heavy (non-hydrogen) atoms. The lowest BCUT2D eigenvalue weighted by atomic mass is 9.82. The van der Waals surface area contributed by atoms with Gasteiger partial charge in [0, 0.05) is 18.5 Å². The van der Waals surface area contributed by atoms with Gasteiger partial charge in [-0.2, -0.15) is 0 Å². The van der Waals surface area contributed by atoms with Crippen LogP contribution in [0.25, 0.3) is 0 Å². The smallest absolute Gasteiger partial charge is 0.410 e. The number of nitrogens with two attached hydrogens (primary N) is 1. The van der Waals surface area contributed by atoms with E-state index >= 15 is 0 Å². The van der Waals surface area contributed by atoms with Gasteiger partial charge in [0.2, 0.25) is 0 Å². The molecule has 0 aromatic carbocycles. The van der Waals surface area contributed by atoms with Crippen LogP contribution in [0.2, 0.25) is 0 Å². The Morgan fingerprint density at radius 1 is 1.56 bits per heavy atom. The molecule has 0 aliphatic carbocycles. The van der Waals surface area contributed by atoms with Crippen LogP contribution in [0, 0.1) is 5.41 Å². The Morgan fingerprint density at radius 2 is 2.22 bits per heavy atom. The highest BCUT2D eigenvalue weighted by Gasteiger charge is 2.47. The van der Waals surface area contributed by atoms with E-state index in [4.69, 9.17) is 15.2 Å². The Balaban J connectivity index is 0.00000162. The molecule has 2 atom stereocenters. The van der Waals surface area contributed by atoms with Crippen molar-refractivity contribution in [2.75, 3.05) is 26.2 Å². The maximum atomic E-state index is 12.0. The van der Waals surface area contributed by atoms with E-state index in [-0.39, 0.29) is 30.0 Å². The molecule has 2 aliphatic heterocycles. The molecule has 2 aliphatic rings. The first-order chi connectivity index (χ1) is 7.84. The molecule has 2 unspecified atom stereocenters. The van der Waals surface area contributed by atoms with Gasteiger partial charge in [0.05, 0.1) is 19.3 Å². The van der Waals surface area contributed by atoms with Crippen molar-refractivity contribution in [3.63, 3.8) is 0 Å². The van der Waals surface area contributed by atoms with Gasteiger partial charge in [-0.25, -0.2) is 4.79 Å². The number of nitrogens with zero attached hydrogens (tertiary/aromatic N) is 1. The van der Waals surface area contributed by atoms with Crippen LogP contribution in [0.3, 0.4) is 0 Å². The summed E-state index contributed by atoms with van der Waals surface area (Å²) in [4.78, 5) is 13.7. The number of carbonyl (C=O) groups is 1. The Bertz CT molecular complexity index is 319. The van der Waals surface area contributed by atoms with E-state index in [0.717, 1.165) is 6.42 Å². The van der Waals surface area contributed by atoms with Gasteiger partial charge in [-0.3, -0.25) is 0 Å². The molecule has 2 fully saturated rings. The van der Waals surface area contributed by atoms with Gasteiger partial charge in [0.1, 0.15) is 5.60 Å². The normalized spacial score (nSPS) is 30.9. The summed E-state index contributed by atoms with van der Waals surface area (Å²) >= 11 is 0. The van der Waals surface area contributed by atoms with Gasteiger partial charge >= 0.3 is 6.09 Å². The molecule has 2 rings (SSSR count). The van der Waals surface area contributed by atoms with Crippen molar-refractivity contribution in [1.82, 2.24) is 4.90 Å². The number of hydrogen-bond acceptors (Lipinski definition) is 4. The molecule has 0 spiro atoms. The fraction of sp³-hybridized carbons (Fsp3) is 0.917. The van der Waals surface area contributed by atoms with E-state index in [1.54, 1.807) is 4.90 Å². The molecule has 2 N–H and O–H groups in total. The minimum Gasteiger partial charge on any atom is -0.444 e. The predicted octanol–water partition coefficient (Wildman–Crippen LogP) is 1.39. The molecule has 0 aromatic rings. The van der Waals surface area contributed by atoms with Crippen LogP contribution in [-0.4, -0.2) is 48.9 Å². The standard InChI is InChI=1S/C12H22N2O3.ClH/c1-11(2,3)17-10(15)14-5-9-4-12(6-13,7-14)8-16-9;/h9H,4-8,13H2,1-3H3;1H. The average molecular weight is 279 g/mol. The topological polar surface area (TPSA) is 64.8 Å². The van der Waals surface area contributed by atoms with Crippen LogP contribution in [0.1, 0.15) is 27.2 Å². The summed E-state index contributed by atoms with van der Waals surface area (Å²) in [5, 5.41) is 0. The van der Waals surface area contributed by atoms with Crippen molar-refractivity contribution in [2.45, 2.75) is 38.9 Å². The molecule has 6 heteroatoms. The van der Waals surface area contributed by atoms with E-state index in [2.05, 4.69) is 0 Å². The Labute approximate surface area is 114 Å². The van der Waals surface area contributed by atoms with Crippen molar-refractivity contribution in [1.29, 1.82) is 0 Å². The zero-order valence-electron chi connectivity index (χ0n) is 11.3. The highest BCUT2D eigenvalue weighted by Crippen LogP contribution is 2.37. The summed E-state index contributed by atoms with van der Waals surface area (Å²) in [5.41, 5.74) is 5.30. The Kier molecular flexibility index (Phi) is 4.51. The number of ether oxygens (including phenoxy) is 2. The van der Waals surface area contributed by atoms with Gasteiger partial charge in [0.15, 0.2) is 0 Å². The maximum absolute atomic E-state index is 12.0. The number of halogens is 1. The fourth-order valence-electron chi connectivity index (χ4n) is 2.51. The molecular formula is C12H23ClN2O3. The van der Waals surface area contributed by atoms with Crippen LogP contribution >= 0.6 is 12.4 Å². The van der Waals surface area contributed by atoms with Crippen LogP contribution in [0.4, 0.5) is 4.79 Å². The first-order valence-corrected chi connectivity index (χ1v) is 6.13. The van der Waals surface area contributed by atoms with Crippen molar-refractivity contribution < 1.29 is 14.3 Å². The van der Waals surface area contributed by atoms with Crippen molar-refractivity contribution in [3.8, 4) is 0 Å². The maximum Gasteiger partial charge on any atom is 0.410 e. The lowest BCUT2D eigenvalue weighted by Gasteiger charge is -2.38. The number of amides is 1. The average Bonchev–Trinajstić information content (AvgIpc) is 2.52. The zero-order chi connectivity index (χ0) is 12.7. The molecule has 0 saturated carbocycles. The summed E-state index contributed by atoms with van der Waals surface area (Å²) in [6.07, 6.45) is 0.827. The summed E-state index contributed by atoms with van der Waals surface area (Å²) in [5.74, 6) is 0. The molecule has 0 aromatic heterocycles. The number of fused-ring (bicyclic) bond motifs is 2. The second-order valence-corrected chi connectivity index (χ2v) is 6.20. The molecule has 1 amide bonds. The molecule has 2 bridgehead atoms. The van der Waals surface area contributed by atoms with Crippen molar-refractivity contribution >= 4 is 18.5 Å². The summed E-state index contributed by atoms with van der Waals surface area (Å²) in [6, 6.07) is 0. The highest BCUT2D eigenvalue weighted by atomic mass is 35.5. The van der Waals surface area contributed by atoms with E-state index in [0.29, 0.717) is 26.2 Å². The number of likely N-dealkylation sites (tertiary alicyclic amines) is 1. The second-order valence-electron chi connectivity index (χ2n) is 6.20. The summed E-state index contributed by atoms with van der Waals surface area (Å²) < 4.78 is 11.0. The third-order valence-electron chi connectivity index (χ3n) is 3.32. The van der Waals surface area contributed by atoms with Gasteiger partial charge in [-0.15, -0.1) is 12.4 Å². The second kappa shape index (κ2) is 5.23. The quantitative estimate of drug-likeness (QED) is 0.787.